The van der Waals surface area contributed by atoms with Gasteiger partial charge in [0.2, 0.25) is 11.8 Å². The highest BCUT2D eigenvalue weighted by Gasteiger charge is 2.35. The average Bonchev–Trinajstić information content (AvgIpc) is 3.14. The van der Waals surface area contributed by atoms with Gasteiger partial charge < -0.3 is 9.80 Å². The number of amides is 2. The quantitative estimate of drug-likeness (QED) is 0.772. The lowest BCUT2D eigenvalue weighted by Crippen LogP contribution is -2.48. The van der Waals surface area contributed by atoms with Gasteiger partial charge >= 0.3 is 0 Å². The van der Waals surface area contributed by atoms with Gasteiger partial charge in [-0.1, -0.05) is 0 Å². The summed E-state index contributed by atoms with van der Waals surface area (Å²) in [6.45, 7) is 7.19. The van der Waals surface area contributed by atoms with Crippen LogP contribution in [0.2, 0.25) is 0 Å². The number of rotatable bonds is 5. The standard InChI is InChI=1S/C15H21N3O2S2/c1-4-17(5-2)15(20)13-9-21-10-18(13)14(19)7-6-12-8-22-11(3)16-12/h6-8,13H,4-5,9-10H2,1-3H3. The van der Waals surface area contributed by atoms with Crippen LogP contribution in [0.3, 0.4) is 0 Å². The van der Waals surface area contributed by atoms with Crippen LogP contribution in [0.4, 0.5) is 0 Å². The van der Waals surface area contributed by atoms with Crippen molar-refractivity contribution in [1.29, 1.82) is 0 Å². The van der Waals surface area contributed by atoms with E-state index in [4.69, 9.17) is 0 Å². The predicted octanol–water partition coefficient (Wildman–Crippen LogP) is 2.23. The van der Waals surface area contributed by atoms with Crippen molar-refractivity contribution in [2.75, 3.05) is 24.7 Å². The number of aryl methyl sites for hydroxylation is 1. The molecule has 0 N–H and O–H groups in total. The number of carbonyl (C=O) groups is 2. The molecule has 0 radical (unpaired) electrons. The molecule has 0 aromatic carbocycles. The van der Waals surface area contributed by atoms with Crippen LogP contribution >= 0.6 is 23.1 Å². The van der Waals surface area contributed by atoms with E-state index >= 15 is 0 Å². The van der Waals surface area contributed by atoms with Crippen molar-refractivity contribution >= 4 is 41.0 Å². The van der Waals surface area contributed by atoms with E-state index in [-0.39, 0.29) is 17.9 Å². The highest BCUT2D eigenvalue weighted by Crippen LogP contribution is 2.23. The van der Waals surface area contributed by atoms with Gasteiger partial charge in [-0.2, -0.15) is 0 Å². The van der Waals surface area contributed by atoms with E-state index in [0.29, 0.717) is 24.7 Å². The number of thiazole rings is 1. The first-order valence-corrected chi connectivity index (χ1v) is 9.37. The second-order valence-corrected chi connectivity index (χ2v) is 7.02. The molecule has 1 aliphatic rings. The normalized spacial score (nSPS) is 18.1. The molecule has 1 unspecified atom stereocenters. The fraction of sp³-hybridized carbons (Fsp3) is 0.533. The van der Waals surface area contributed by atoms with Crippen LogP contribution in [-0.4, -0.2) is 57.4 Å². The van der Waals surface area contributed by atoms with E-state index in [1.54, 1.807) is 39.0 Å². The van der Waals surface area contributed by atoms with Crippen molar-refractivity contribution in [1.82, 2.24) is 14.8 Å². The summed E-state index contributed by atoms with van der Waals surface area (Å²) in [6.07, 6.45) is 3.23. The first-order chi connectivity index (χ1) is 10.6. The fourth-order valence-electron chi connectivity index (χ4n) is 2.32. The van der Waals surface area contributed by atoms with E-state index in [0.717, 1.165) is 10.7 Å². The Labute approximate surface area is 139 Å². The lowest BCUT2D eigenvalue weighted by molar-refractivity contribution is -0.140. The Bertz CT molecular complexity index is 567. The molecule has 1 atom stereocenters. The summed E-state index contributed by atoms with van der Waals surface area (Å²) in [5, 5.41) is 2.88. The van der Waals surface area contributed by atoms with Crippen LogP contribution in [0.1, 0.15) is 24.5 Å². The number of nitrogens with zero attached hydrogens (tertiary/aromatic N) is 3. The minimum Gasteiger partial charge on any atom is -0.341 e. The molecular formula is C15H21N3O2S2. The second-order valence-electron chi connectivity index (χ2n) is 4.96. The van der Waals surface area contributed by atoms with E-state index in [1.807, 2.05) is 26.2 Å². The lowest BCUT2D eigenvalue weighted by Gasteiger charge is -2.27. The van der Waals surface area contributed by atoms with E-state index in [1.165, 1.54) is 6.08 Å². The molecule has 1 aliphatic heterocycles. The molecule has 0 saturated carbocycles. The van der Waals surface area contributed by atoms with E-state index in [2.05, 4.69) is 4.98 Å². The predicted molar refractivity (Wildman–Crippen MR) is 91.8 cm³/mol. The number of hydrogen-bond donors (Lipinski definition) is 0. The fourth-order valence-corrected chi connectivity index (χ4v) is 4.06. The molecule has 0 aliphatic carbocycles. The van der Waals surface area contributed by atoms with Crippen LogP contribution in [0.5, 0.6) is 0 Å². The molecular weight excluding hydrogens is 318 g/mol. The van der Waals surface area contributed by atoms with Crippen LogP contribution < -0.4 is 0 Å². The molecule has 2 amide bonds. The summed E-state index contributed by atoms with van der Waals surface area (Å²) in [7, 11) is 0. The van der Waals surface area contributed by atoms with Gasteiger partial charge in [0.25, 0.3) is 0 Å². The summed E-state index contributed by atoms with van der Waals surface area (Å²) in [5.41, 5.74) is 0.786. The molecule has 1 aromatic rings. The summed E-state index contributed by atoms with van der Waals surface area (Å²) in [4.78, 5) is 32.6. The van der Waals surface area contributed by atoms with Crippen LogP contribution in [-0.2, 0) is 9.59 Å². The SMILES string of the molecule is CCN(CC)C(=O)C1CSCN1C(=O)C=Cc1csc(C)n1. The highest BCUT2D eigenvalue weighted by atomic mass is 32.2. The molecule has 22 heavy (non-hydrogen) atoms. The zero-order chi connectivity index (χ0) is 16.1. The molecule has 1 fully saturated rings. The molecule has 1 saturated heterocycles. The van der Waals surface area contributed by atoms with Gasteiger partial charge in [0.15, 0.2) is 0 Å². The van der Waals surface area contributed by atoms with Crippen molar-refractivity contribution in [3.63, 3.8) is 0 Å². The monoisotopic (exact) mass is 339 g/mol. The summed E-state index contributed by atoms with van der Waals surface area (Å²) in [5.74, 6) is 1.16. The van der Waals surface area contributed by atoms with Gasteiger partial charge in [-0.05, 0) is 26.8 Å². The average molecular weight is 339 g/mol. The maximum absolute atomic E-state index is 12.5. The Morgan fingerprint density at radius 1 is 1.45 bits per heavy atom. The number of aromatic nitrogens is 1. The molecule has 2 rings (SSSR count). The molecule has 2 heterocycles. The van der Waals surface area contributed by atoms with Gasteiger partial charge in [-0.15, -0.1) is 23.1 Å². The third kappa shape index (κ3) is 3.89. The Morgan fingerprint density at radius 3 is 2.77 bits per heavy atom. The molecule has 7 heteroatoms. The van der Waals surface area contributed by atoms with E-state index < -0.39 is 0 Å². The van der Waals surface area contributed by atoms with Gasteiger partial charge in [-0.3, -0.25) is 9.59 Å². The first kappa shape index (κ1) is 17.0. The van der Waals surface area contributed by atoms with Gasteiger partial charge in [-0.25, -0.2) is 4.98 Å². The zero-order valence-corrected chi connectivity index (χ0v) is 14.7. The summed E-state index contributed by atoms with van der Waals surface area (Å²) < 4.78 is 0. The number of hydrogen-bond acceptors (Lipinski definition) is 5. The Balaban J connectivity index is 2.04. The van der Waals surface area contributed by atoms with Gasteiger partial charge in [0.1, 0.15) is 6.04 Å². The van der Waals surface area contributed by atoms with Gasteiger partial charge in [0.05, 0.1) is 16.6 Å². The third-order valence-corrected chi connectivity index (χ3v) is 5.36. The minimum absolute atomic E-state index is 0.0428. The van der Waals surface area contributed by atoms with Crippen molar-refractivity contribution in [2.45, 2.75) is 26.8 Å². The number of thioether (sulfide) groups is 1. The maximum atomic E-state index is 12.5. The van der Waals surface area contributed by atoms with Gasteiger partial charge in [0, 0.05) is 30.3 Å². The Morgan fingerprint density at radius 2 is 2.18 bits per heavy atom. The smallest absolute Gasteiger partial charge is 0.248 e. The van der Waals surface area contributed by atoms with Crippen molar-refractivity contribution in [3.8, 4) is 0 Å². The van der Waals surface area contributed by atoms with Crippen molar-refractivity contribution in [3.05, 3.63) is 22.2 Å². The molecule has 0 bridgehead atoms. The largest absolute Gasteiger partial charge is 0.341 e. The first-order valence-electron chi connectivity index (χ1n) is 7.34. The van der Waals surface area contributed by atoms with Crippen LogP contribution in [0, 0.1) is 6.92 Å². The Kier molecular flexibility index (Phi) is 6.02. The maximum Gasteiger partial charge on any atom is 0.248 e. The number of carbonyl (C=O) groups excluding carboxylic acids is 2. The Hall–Kier alpha value is -1.34. The minimum atomic E-state index is -0.348. The molecule has 1 aromatic heterocycles. The van der Waals surface area contributed by atoms with Crippen LogP contribution in [0.25, 0.3) is 6.08 Å². The molecule has 120 valence electrons. The third-order valence-electron chi connectivity index (χ3n) is 3.56. The van der Waals surface area contributed by atoms with Crippen LogP contribution in [0.15, 0.2) is 11.5 Å². The summed E-state index contributed by atoms with van der Waals surface area (Å²) >= 11 is 3.17. The topological polar surface area (TPSA) is 53.5 Å². The van der Waals surface area contributed by atoms with Crippen molar-refractivity contribution < 1.29 is 9.59 Å². The van der Waals surface area contributed by atoms with Crippen molar-refractivity contribution in [2.24, 2.45) is 0 Å². The second kappa shape index (κ2) is 7.78. The highest BCUT2D eigenvalue weighted by molar-refractivity contribution is 7.99. The zero-order valence-electron chi connectivity index (χ0n) is 13.1. The van der Waals surface area contributed by atoms with E-state index in [9.17, 15) is 9.59 Å². The summed E-state index contributed by atoms with van der Waals surface area (Å²) in [6, 6.07) is -0.348. The lowest BCUT2D eigenvalue weighted by atomic mass is 10.2. The number of likely N-dealkylation sites (N-methyl/N-ethyl adjacent to an activating group) is 1. The molecule has 5 nitrogen and oxygen atoms in total. The molecule has 0 spiro atoms.